The number of esters is 1. The summed E-state index contributed by atoms with van der Waals surface area (Å²) in [4.78, 5) is 29.9. The van der Waals surface area contributed by atoms with E-state index in [-0.39, 0.29) is 17.8 Å². The van der Waals surface area contributed by atoms with Gasteiger partial charge in [-0.1, -0.05) is 0 Å². The van der Waals surface area contributed by atoms with Crippen molar-refractivity contribution in [3.63, 3.8) is 0 Å². The second kappa shape index (κ2) is 7.06. The van der Waals surface area contributed by atoms with Gasteiger partial charge in [-0.25, -0.2) is 4.98 Å². The molecule has 114 valence electrons. The molecule has 6 heteroatoms. The van der Waals surface area contributed by atoms with E-state index in [1.54, 1.807) is 24.0 Å². The number of pyridine rings is 1. The van der Waals surface area contributed by atoms with Crippen LogP contribution in [0.1, 0.15) is 30.1 Å². The molecule has 0 unspecified atom stereocenters. The zero-order valence-corrected chi connectivity index (χ0v) is 12.4. The minimum absolute atomic E-state index is 0.112. The molecule has 0 bridgehead atoms. The number of likely N-dealkylation sites (tertiary alicyclic amines) is 1. The van der Waals surface area contributed by atoms with Crippen LogP contribution in [0.5, 0.6) is 5.88 Å². The Labute approximate surface area is 124 Å². The Morgan fingerprint density at radius 3 is 2.86 bits per heavy atom. The summed E-state index contributed by atoms with van der Waals surface area (Å²) in [7, 11) is 1.53. The van der Waals surface area contributed by atoms with E-state index < -0.39 is 0 Å². The van der Waals surface area contributed by atoms with Crippen molar-refractivity contribution in [1.82, 2.24) is 9.88 Å². The summed E-state index contributed by atoms with van der Waals surface area (Å²) < 4.78 is 10.0. The zero-order valence-electron chi connectivity index (χ0n) is 12.4. The number of carbonyl (C=O) groups is 2. The fourth-order valence-corrected chi connectivity index (χ4v) is 2.42. The molecule has 0 saturated carbocycles. The minimum Gasteiger partial charge on any atom is -0.481 e. The lowest BCUT2D eigenvalue weighted by Gasteiger charge is -2.31. The number of nitrogens with zero attached hydrogens (tertiary/aromatic N) is 2. The number of methoxy groups -OCH3 is 1. The van der Waals surface area contributed by atoms with Gasteiger partial charge in [-0.3, -0.25) is 9.59 Å². The Balaban J connectivity index is 2.02. The van der Waals surface area contributed by atoms with Crippen LogP contribution in [-0.2, 0) is 9.53 Å². The monoisotopic (exact) mass is 292 g/mol. The van der Waals surface area contributed by atoms with Crippen LogP contribution in [0.25, 0.3) is 0 Å². The summed E-state index contributed by atoms with van der Waals surface area (Å²) >= 11 is 0. The van der Waals surface area contributed by atoms with E-state index in [2.05, 4.69) is 4.98 Å². The molecule has 6 nitrogen and oxygen atoms in total. The Morgan fingerprint density at radius 2 is 2.24 bits per heavy atom. The van der Waals surface area contributed by atoms with Gasteiger partial charge < -0.3 is 14.4 Å². The molecule has 1 amide bonds. The molecule has 2 heterocycles. The van der Waals surface area contributed by atoms with Gasteiger partial charge in [0, 0.05) is 25.4 Å². The van der Waals surface area contributed by atoms with Gasteiger partial charge in [0.25, 0.3) is 5.91 Å². The molecule has 0 spiro atoms. The van der Waals surface area contributed by atoms with Crippen molar-refractivity contribution in [3.8, 4) is 5.88 Å². The lowest BCUT2D eigenvalue weighted by Crippen LogP contribution is -2.42. The van der Waals surface area contributed by atoms with Crippen LogP contribution in [-0.4, -0.2) is 48.6 Å². The quantitative estimate of drug-likeness (QED) is 0.787. The van der Waals surface area contributed by atoms with Gasteiger partial charge in [0.05, 0.1) is 25.2 Å². The van der Waals surface area contributed by atoms with Crippen LogP contribution in [0.4, 0.5) is 0 Å². The number of ether oxygens (including phenoxy) is 2. The number of hydrogen-bond acceptors (Lipinski definition) is 5. The molecule has 1 aromatic heterocycles. The number of hydrogen-bond donors (Lipinski definition) is 0. The van der Waals surface area contributed by atoms with E-state index in [1.165, 1.54) is 13.3 Å². The first-order valence-corrected chi connectivity index (χ1v) is 7.11. The SMILES string of the molecule is CCOC(=O)[C@@H]1CCCN(C(=O)c2ccc(OC)nc2)C1. The molecular weight excluding hydrogens is 272 g/mol. The molecule has 1 aliphatic rings. The maximum Gasteiger partial charge on any atom is 0.310 e. The standard InChI is InChI=1S/C15H20N2O4/c1-3-21-15(19)12-5-4-8-17(10-12)14(18)11-6-7-13(20-2)16-9-11/h6-7,9,12H,3-5,8,10H2,1-2H3/t12-/m1/s1. The highest BCUT2D eigenvalue weighted by Gasteiger charge is 2.29. The Hall–Kier alpha value is -2.11. The predicted octanol–water partition coefficient (Wildman–Crippen LogP) is 1.51. The summed E-state index contributed by atoms with van der Waals surface area (Å²) in [5.74, 6) is -0.0922. The first-order valence-electron chi connectivity index (χ1n) is 7.11. The van der Waals surface area contributed by atoms with Crippen LogP contribution >= 0.6 is 0 Å². The Kier molecular flexibility index (Phi) is 5.14. The highest BCUT2D eigenvalue weighted by atomic mass is 16.5. The third-order valence-corrected chi connectivity index (χ3v) is 3.52. The molecule has 1 atom stereocenters. The predicted molar refractivity (Wildman–Crippen MR) is 76.0 cm³/mol. The first-order chi connectivity index (χ1) is 10.2. The number of carbonyl (C=O) groups excluding carboxylic acids is 2. The third kappa shape index (κ3) is 3.71. The van der Waals surface area contributed by atoms with Gasteiger partial charge in [0.15, 0.2) is 0 Å². The smallest absolute Gasteiger partial charge is 0.310 e. The van der Waals surface area contributed by atoms with Crippen molar-refractivity contribution in [2.45, 2.75) is 19.8 Å². The summed E-state index contributed by atoms with van der Waals surface area (Å²) in [6, 6.07) is 3.34. The molecule has 0 aliphatic carbocycles. The lowest BCUT2D eigenvalue weighted by atomic mass is 9.97. The van der Waals surface area contributed by atoms with Crippen molar-refractivity contribution in [2.75, 3.05) is 26.8 Å². The summed E-state index contributed by atoms with van der Waals surface area (Å²) in [6.07, 6.45) is 3.07. The van der Waals surface area contributed by atoms with Gasteiger partial charge in [0.2, 0.25) is 5.88 Å². The third-order valence-electron chi connectivity index (χ3n) is 3.52. The van der Waals surface area contributed by atoms with E-state index >= 15 is 0 Å². The summed E-state index contributed by atoms with van der Waals surface area (Å²) in [5.41, 5.74) is 0.500. The molecule has 0 N–H and O–H groups in total. The minimum atomic E-state index is -0.228. The van der Waals surface area contributed by atoms with Crippen molar-refractivity contribution < 1.29 is 19.1 Å². The van der Waals surface area contributed by atoms with Crippen LogP contribution in [0.3, 0.4) is 0 Å². The van der Waals surface area contributed by atoms with Crippen LogP contribution < -0.4 is 4.74 Å². The molecule has 0 aromatic carbocycles. The highest BCUT2D eigenvalue weighted by molar-refractivity contribution is 5.94. The van der Waals surface area contributed by atoms with Crippen molar-refractivity contribution in [2.24, 2.45) is 5.92 Å². The molecule has 2 rings (SSSR count). The Bertz CT molecular complexity index is 501. The number of rotatable bonds is 4. The molecule has 1 aromatic rings. The molecule has 1 saturated heterocycles. The van der Waals surface area contributed by atoms with Crippen LogP contribution in [0.15, 0.2) is 18.3 Å². The summed E-state index contributed by atoms with van der Waals surface area (Å²) in [6.45, 7) is 3.21. The van der Waals surface area contributed by atoms with Crippen LogP contribution in [0, 0.1) is 5.92 Å². The molecule has 1 aliphatic heterocycles. The fraction of sp³-hybridized carbons (Fsp3) is 0.533. The first kappa shape index (κ1) is 15.3. The maximum absolute atomic E-state index is 12.4. The lowest BCUT2D eigenvalue weighted by molar-refractivity contribution is -0.149. The topological polar surface area (TPSA) is 68.7 Å². The van der Waals surface area contributed by atoms with Gasteiger partial charge >= 0.3 is 5.97 Å². The molecular formula is C15H20N2O4. The molecule has 0 radical (unpaired) electrons. The highest BCUT2D eigenvalue weighted by Crippen LogP contribution is 2.20. The number of aromatic nitrogens is 1. The van der Waals surface area contributed by atoms with Gasteiger partial charge in [-0.05, 0) is 25.8 Å². The zero-order chi connectivity index (χ0) is 15.2. The number of piperidine rings is 1. The average molecular weight is 292 g/mol. The van der Waals surface area contributed by atoms with Crippen molar-refractivity contribution in [3.05, 3.63) is 23.9 Å². The normalized spacial score (nSPS) is 18.2. The van der Waals surface area contributed by atoms with E-state index in [9.17, 15) is 9.59 Å². The largest absolute Gasteiger partial charge is 0.481 e. The van der Waals surface area contributed by atoms with Crippen molar-refractivity contribution in [1.29, 1.82) is 0 Å². The fourth-order valence-electron chi connectivity index (χ4n) is 2.42. The van der Waals surface area contributed by atoms with Gasteiger partial charge in [0.1, 0.15) is 0 Å². The second-order valence-corrected chi connectivity index (χ2v) is 4.93. The second-order valence-electron chi connectivity index (χ2n) is 4.93. The van der Waals surface area contributed by atoms with Gasteiger partial charge in [-0.15, -0.1) is 0 Å². The maximum atomic E-state index is 12.4. The van der Waals surface area contributed by atoms with Crippen LogP contribution in [0.2, 0.25) is 0 Å². The summed E-state index contributed by atoms with van der Waals surface area (Å²) in [5, 5.41) is 0. The molecule has 1 fully saturated rings. The Morgan fingerprint density at radius 1 is 1.43 bits per heavy atom. The van der Waals surface area contributed by atoms with E-state index in [0.717, 1.165) is 12.8 Å². The van der Waals surface area contributed by atoms with E-state index in [1.807, 2.05) is 0 Å². The van der Waals surface area contributed by atoms with E-state index in [4.69, 9.17) is 9.47 Å². The average Bonchev–Trinajstić information content (AvgIpc) is 2.54. The van der Waals surface area contributed by atoms with E-state index in [0.29, 0.717) is 31.1 Å². The van der Waals surface area contributed by atoms with Gasteiger partial charge in [-0.2, -0.15) is 0 Å². The van der Waals surface area contributed by atoms with Crippen molar-refractivity contribution >= 4 is 11.9 Å². The number of amides is 1. The molecule has 21 heavy (non-hydrogen) atoms.